The van der Waals surface area contributed by atoms with E-state index in [1.807, 2.05) is 6.92 Å². The summed E-state index contributed by atoms with van der Waals surface area (Å²) in [6.45, 7) is 1.15. The Labute approximate surface area is 129 Å². The molecule has 0 amide bonds. The maximum absolute atomic E-state index is 12.8. The number of carbonyl (C=O) groups is 1. The zero-order chi connectivity index (χ0) is 16.2. The Hall–Kier alpha value is -2.34. The lowest BCUT2D eigenvalue weighted by atomic mass is 10.1. The van der Waals surface area contributed by atoms with Crippen molar-refractivity contribution in [2.24, 2.45) is 0 Å². The summed E-state index contributed by atoms with van der Waals surface area (Å²) in [5, 5.41) is 11.0. The lowest BCUT2D eigenvalue weighted by Crippen LogP contribution is -2.42. The van der Waals surface area contributed by atoms with Crippen molar-refractivity contribution >= 4 is 21.7 Å². The first-order chi connectivity index (χ1) is 10.5. The van der Waals surface area contributed by atoms with Gasteiger partial charge in [0, 0.05) is 0 Å². The molecule has 0 fully saturated rings. The average Bonchev–Trinajstić information content (AvgIpc) is 2.53. The van der Waals surface area contributed by atoms with Gasteiger partial charge in [-0.05, 0) is 30.2 Å². The van der Waals surface area contributed by atoms with Gasteiger partial charge in [0.05, 0.1) is 23.1 Å². The van der Waals surface area contributed by atoms with Crippen LogP contribution < -0.4 is 9.41 Å². The van der Waals surface area contributed by atoms with Crippen LogP contribution >= 0.6 is 0 Å². The van der Waals surface area contributed by atoms with Crippen molar-refractivity contribution in [2.45, 2.75) is 18.2 Å². The lowest BCUT2D eigenvalue weighted by Gasteiger charge is -2.26. The summed E-state index contributed by atoms with van der Waals surface area (Å²) in [5.74, 6) is -1.45. The number of sulfonamides is 1. The summed E-state index contributed by atoms with van der Waals surface area (Å²) < 4.78 is 26.4. The van der Waals surface area contributed by atoms with E-state index in [0.29, 0.717) is 12.1 Å². The van der Waals surface area contributed by atoms with Crippen LogP contribution in [-0.2, 0) is 21.2 Å². The maximum Gasteiger partial charge on any atom is 0.264 e. The molecule has 2 rings (SSSR count). The van der Waals surface area contributed by atoms with E-state index in [2.05, 4.69) is 0 Å². The number of hydrogen-bond acceptors (Lipinski definition) is 4. The second-order valence-electron chi connectivity index (χ2n) is 4.68. The van der Waals surface area contributed by atoms with E-state index in [4.69, 9.17) is 0 Å². The van der Waals surface area contributed by atoms with Gasteiger partial charge in [-0.2, -0.15) is 0 Å². The normalized spacial score (nSPS) is 11.1. The van der Waals surface area contributed by atoms with E-state index < -0.39 is 22.5 Å². The lowest BCUT2D eigenvalue weighted by molar-refractivity contribution is -0.303. The van der Waals surface area contributed by atoms with Crippen LogP contribution in [0.4, 0.5) is 5.69 Å². The summed E-state index contributed by atoms with van der Waals surface area (Å²) >= 11 is 0. The number of carbonyl (C=O) groups excluding carboxylic acids is 1. The van der Waals surface area contributed by atoms with Gasteiger partial charge in [-0.15, -0.1) is 0 Å². The number of rotatable bonds is 6. The van der Waals surface area contributed by atoms with Gasteiger partial charge in [0.2, 0.25) is 0 Å². The van der Waals surface area contributed by atoms with Crippen LogP contribution in [0.2, 0.25) is 0 Å². The van der Waals surface area contributed by atoms with Crippen LogP contribution in [0.15, 0.2) is 59.5 Å². The zero-order valence-electron chi connectivity index (χ0n) is 12.1. The van der Waals surface area contributed by atoms with Crippen molar-refractivity contribution in [1.82, 2.24) is 0 Å². The molecule has 0 radical (unpaired) electrons. The Morgan fingerprint density at radius 1 is 1.05 bits per heavy atom. The van der Waals surface area contributed by atoms with Crippen molar-refractivity contribution in [3.63, 3.8) is 0 Å². The highest BCUT2D eigenvalue weighted by Crippen LogP contribution is 2.27. The van der Waals surface area contributed by atoms with Crippen LogP contribution in [0.3, 0.4) is 0 Å². The fraction of sp³-hybridized carbons (Fsp3) is 0.188. The van der Waals surface area contributed by atoms with E-state index in [1.54, 1.807) is 42.5 Å². The molecule has 0 heterocycles. The second kappa shape index (κ2) is 6.62. The van der Waals surface area contributed by atoms with Gasteiger partial charge in [-0.25, -0.2) is 8.42 Å². The van der Waals surface area contributed by atoms with Gasteiger partial charge in [0.25, 0.3) is 10.0 Å². The fourth-order valence-electron chi connectivity index (χ4n) is 2.19. The molecule has 6 heteroatoms. The molecule has 0 unspecified atom stereocenters. The molecule has 0 spiro atoms. The van der Waals surface area contributed by atoms with E-state index in [-0.39, 0.29) is 4.90 Å². The highest BCUT2D eigenvalue weighted by molar-refractivity contribution is 7.92. The van der Waals surface area contributed by atoms with E-state index in [1.165, 1.54) is 12.1 Å². The molecule has 0 saturated carbocycles. The average molecular weight is 318 g/mol. The minimum absolute atomic E-state index is 0.0437. The molecule has 2 aromatic rings. The van der Waals surface area contributed by atoms with Crippen molar-refractivity contribution in [3.05, 3.63) is 60.2 Å². The van der Waals surface area contributed by atoms with Gasteiger partial charge in [0.15, 0.2) is 0 Å². The van der Waals surface area contributed by atoms with Gasteiger partial charge in [-0.1, -0.05) is 43.3 Å². The number of carboxylic acids is 1. The van der Waals surface area contributed by atoms with Crippen LogP contribution in [0, 0.1) is 0 Å². The molecule has 0 aromatic heterocycles. The molecule has 0 atom stereocenters. The zero-order valence-corrected chi connectivity index (χ0v) is 12.9. The van der Waals surface area contributed by atoms with Crippen LogP contribution in [-0.4, -0.2) is 20.9 Å². The minimum atomic E-state index is -3.97. The number of benzene rings is 2. The van der Waals surface area contributed by atoms with E-state index in [0.717, 1.165) is 9.87 Å². The third kappa shape index (κ3) is 3.28. The number of nitrogens with zero attached hydrogens (tertiary/aromatic N) is 1. The van der Waals surface area contributed by atoms with Crippen LogP contribution in [0.5, 0.6) is 0 Å². The highest BCUT2D eigenvalue weighted by Gasteiger charge is 2.26. The molecule has 22 heavy (non-hydrogen) atoms. The highest BCUT2D eigenvalue weighted by atomic mass is 32.2. The number of hydrogen-bond donors (Lipinski definition) is 0. The van der Waals surface area contributed by atoms with Gasteiger partial charge in [-0.3, -0.25) is 4.31 Å². The Balaban J connectivity index is 2.58. The first kappa shape index (κ1) is 16.0. The third-order valence-electron chi connectivity index (χ3n) is 3.25. The molecule has 116 valence electrons. The second-order valence-corrected chi connectivity index (χ2v) is 6.54. The van der Waals surface area contributed by atoms with Crippen LogP contribution in [0.25, 0.3) is 0 Å². The Bertz CT molecular complexity index is 757. The quantitative estimate of drug-likeness (QED) is 0.801. The topological polar surface area (TPSA) is 77.5 Å². The third-order valence-corrected chi connectivity index (χ3v) is 5.02. The molecule has 0 saturated heterocycles. The summed E-state index contributed by atoms with van der Waals surface area (Å²) in [4.78, 5) is 11.1. The first-order valence-electron chi connectivity index (χ1n) is 6.82. The molecular weight excluding hydrogens is 302 g/mol. The number of anilines is 1. The monoisotopic (exact) mass is 318 g/mol. The standard InChI is InChI=1S/C16H17NO4S/c1-2-13-8-6-7-11-15(13)17(12-16(18)19)22(20,21)14-9-4-3-5-10-14/h3-11H,2,12H2,1H3,(H,18,19)/p-1. The molecule has 0 aliphatic carbocycles. The molecule has 2 aromatic carbocycles. The Kier molecular flexibility index (Phi) is 4.82. The van der Waals surface area contributed by atoms with Crippen LogP contribution in [0.1, 0.15) is 12.5 Å². The van der Waals surface area contributed by atoms with Gasteiger partial charge >= 0.3 is 0 Å². The molecule has 0 N–H and O–H groups in total. The summed E-state index contributed by atoms with van der Waals surface area (Å²) in [7, 11) is -3.97. The number of carboxylic acid groups (broad SMARTS) is 1. The Morgan fingerprint density at radius 3 is 2.23 bits per heavy atom. The summed E-state index contributed by atoms with van der Waals surface area (Å²) in [6.07, 6.45) is 0.587. The molecule has 0 aliphatic rings. The smallest absolute Gasteiger partial charge is 0.264 e. The maximum atomic E-state index is 12.8. The SMILES string of the molecule is CCc1ccccc1N(CC(=O)[O-])S(=O)(=O)c1ccccc1. The van der Waals surface area contributed by atoms with Crippen molar-refractivity contribution < 1.29 is 18.3 Å². The number of aliphatic carboxylic acids is 1. The van der Waals surface area contributed by atoms with Gasteiger partial charge in [0.1, 0.15) is 0 Å². The van der Waals surface area contributed by atoms with Gasteiger partial charge < -0.3 is 9.90 Å². The van der Waals surface area contributed by atoms with Crippen molar-refractivity contribution in [3.8, 4) is 0 Å². The minimum Gasteiger partial charge on any atom is -0.548 e. The molecule has 0 aliphatic heterocycles. The predicted octanol–water partition coefficient (Wildman–Crippen LogP) is 1.19. The van der Waals surface area contributed by atoms with E-state index >= 15 is 0 Å². The van der Waals surface area contributed by atoms with E-state index in [9.17, 15) is 18.3 Å². The molecule has 0 bridgehead atoms. The van der Waals surface area contributed by atoms with Crippen molar-refractivity contribution in [1.29, 1.82) is 0 Å². The summed E-state index contributed by atoms with van der Waals surface area (Å²) in [6, 6.07) is 14.6. The number of aryl methyl sites for hydroxylation is 1. The first-order valence-corrected chi connectivity index (χ1v) is 8.26. The largest absolute Gasteiger partial charge is 0.548 e. The predicted molar refractivity (Wildman–Crippen MR) is 81.8 cm³/mol. The fourth-order valence-corrected chi connectivity index (χ4v) is 3.66. The number of para-hydroxylation sites is 1. The summed E-state index contributed by atoms with van der Waals surface area (Å²) in [5.41, 5.74) is 1.11. The Morgan fingerprint density at radius 2 is 1.64 bits per heavy atom. The van der Waals surface area contributed by atoms with Crippen molar-refractivity contribution in [2.75, 3.05) is 10.8 Å². The molecule has 5 nitrogen and oxygen atoms in total. The molecular formula is C16H16NO4S-.